The van der Waals surface area contributed by atoms with Crippen molar-refractivity contribution in [2.24, 2.45) is 5.41 Å². The second kappa shape index (κ2) is 4.67. The number of hydrogen-bond acceptors (Lipinski definition) is 3. The molecular formula is C15H17NO2S. The number of thioether (sulfide) groups is 1. The second-order valence-electron chi connectivity index (χ2n) is 5.53. The molecule has 100 valence electrons. The zero-order chi connectivity index (χ0) is 13.5. The molecule has 19 heavy (non-hydrogen) atoms. The molecule has 3 nitrogen and oxygen atoms in total. The molecule has 1 spiro atoms. The maximum atomic E-state index is 12.5. The number of nitrogens with zero attached hydrogens (tertiary/aromatic N) is 1. The van der Waals surface area contributed by atoms with Gasteiger partial charge in [0.15, 0.2) is 0 Å². The van der Waals surface area contributed by atoms with Gasteiger partial charge in [0.05, 0.1) is 12.0 Å². The van der Waals surface area contributed by atoms with Gasteiger partial charge in [0.25, 0.3) is 0 Å². The molecule has 3 rings (SSSR count). The Morgan fingerprint density at radius 2 is 2.00 bits per heavy atom. The molecule has 2 heterocycles. The first-order valence-corrected chi connectivity index (χ1v) is 7.74. The van der Waals surface area contributed by atoms with Crippen molar-refractivity contribution in [1.82, 2.24) is 4.90 Å². The molecule has 0 radical (unpaired) electrons. The van der Waals surface area contributed by atoms with E-state index in [1.807, 2.05) is 31.2 Å². The molecule has 1 aromatic carbocycles. The van der Waals surface area contributed by atoms with Crippen LogP contribution in [0.2, 0.25) is 0 Å². The van der Waals surface area contributed by atoms with Gasteiger partial charge in [-0.2, -0.15) is 11.8 Å². The second-order valence-corrected chi connectivity index (χ2v) is 6.64. The molecule has 2 aliphatic rings. The highest BCUT2D eigenvalue weighted by Crippen LogP contribution is 2.45. The maximum Gasteiger partial charge on any atom is 0.237 e. The van der Waals surface area contributed by atoms with Crippen LogP contribution < -0.4 is 0 Å². The first-order valence-electron chi connectivity index (χ1n) is 6.59. The van der Waals surface area contributed by atoms with Crippen LogP contribution in [-0.2, 0) is 16.1 Å². The van der Waals surface area contributed by atoms with Crippen molar-refractivity contribution in [2.45, 2.75) is 26.3 Å². The van der Waals surface area contributed by atoms with Gasteiger partial charge in [-0.1, -0.05) is 29.8 Å². The quantitative estimate of drug-likeness (QED) is 0.778. The predicted octanol–water partition coefficient (Wildman–Crippen LogP) is 2.38. The van der Waals surface area contributed by atoms with Crippen LogP contribution in [0.1, 0.15) is 24.0 Å². The standard InChI is InChI=1S/C15H17NO2S/c1-11-2-4-12(5-3-11)9-16-13(17)8-15(14(16)18)6-7-19-10-15/h2-5H,6-10H2,1H3/t15-/m1/s1. The normalized spacial score (nSPS) is 26.7. The van der Waals surface area contributed by atoms with Crippen molar-refractivity contribution in [3.63, 3.8) is 0 Å². The Hall–Kier alpha value is -1.29. The number of amides is 2. The molecule has 1 atom stereocenters. The minimum Gasteiger partial charge on any atom is -0.278 e. The maximum absolute atomic E-state index is 12.5. The Morgan fingerprint density at radius 3 is 2.63 bits per heavy atom. The molecule has 0 aromatic heterocycles. The summed E-state index contributed by atoms with van der Waals surface area (Å²) in [7, 11) is 0. The van der Waals surface area contributed by atoms with Crippen molar-refractivity contribution in [3.05, 3.63) is 35.4 Å². The van der Waals surface area contributed by atoms with E-state index in [4.69, 9.17) is 0 Å². The highest BCUT2D eigenvalue weighted by atomic mass is 32.2. The van der Waals surface area contributed by atoms with E-state index in [9.17, 15) is 9.59 Å². The Kier molecular flexibility index (Phi) is 3.13. The number of benzene rings is 1. The monoisotopic (exact) mass is 275 g/mol. The van der Waals surface area contributed by atoms with E-state index >= 15 is 0 Å². The van der Waals surface area contributed by atoms with Crippen molar-refractivity contribution >= 4 is 23.6 Å². The molecule has 2 saturated heterocycles. The first kappa shape index (κ1) is 12.7. The van der Waals surface area contributed by atoms with Crippen molar-refractivity contribution in [3.8, 4) is 0 Å². The summed E-state index contributed by atoms with van der Waals surface area (Å²) in [6.07, 6.45) is 1.26. The fourth-order valence-corrected chi connectivity index (χ4v) is 4.25. The molecule has 2 fully saturated rings. The summed E-state index contributed by atoms with van der Waals surface area (Å²) in [5.74, 6) is 1.84. The van der Waals surface area contributed by atoms with E-state index < -0.39 is 0 Å². The topological polar surface area (TPSA) is 37.4 Å². The van der Waals surface area contributed by atoms with E-state index in [1.165, 1.54) is 10.5 Å². The fraction of sp³-hybridized carbons (Fsp3) is 0.467. The Bertz CT molecular complexity index is 517. The van der Waals surface area contributed by atoms with E-state index in [0.29, 0.717) is 13.0 Å². The lowest BCUT2D eigenvalue weighted by Crippen LogP contribution is -2.35. The van der Waals surface area contributed by atoms with Gasteiger partial charge in [-0.05, 0) is 24.7 Å². The number of carbonyl (C=O) groups excluding carboxylic acids is 2. The van der Waals surface area contributed by atoms with Crippen LogP contribution in [0.15, 0.2) is 24.3 Å². The highest BCUT2D eigenvalue weighted by molar-refractivity contribution is 7.99. The summed E-state index contributed by atoms with van der Waals surface area (Å²) in [4.78, 5) is 26.1. The van der Waals surface area contributed by atoms with Crippen LogP contribution in [0.4, 0.5) is 0 Å². The lowest BCUT2D eigenvalue weighted by molar-refractivity contribution is -0.141. The van der Waals surface area contributed by atoms with E-state index in [-0.39, 0.29) is 17.2 Å². The summed E-state index contributed by atoms with van der Waals surface area (Å²) in [5, 5.41) is 0. The molecule has 2 amide bonds. The number of hydrogen-bond donors (Lipinski definition) is 0. The van der Waals surface area contributed by atoms with Gasteiger partial charge in [-0.15, -0.1) is 0 Å². The molecule has 2 aliphatic heterocycles. The van der Waals surface area contributed by atoms with Crippen LogP contribution in [-0.4, -0.2) is 28.2 Å². The zero-order valence-electron chi connectivity index (χ0n) is 11.0. The molecule has 1 aromatic rings. The SMILES string of the molecule is Cc1ccc(CN2C(=O)C[C@@]3(CCSC3)C2=O)cc1. The van der Waals surface area contributed by atoms with Crippen LogP contribution in [0, 0.1) is 12.3 Å². The van der Waals surface area contributed by atoms with E-state index in [0.717, 1.165) is 23.5 Å². The first-order chi connectivity index (χ1) is 9.11. The smallest absolute Gasteiger partial charge is 0.237 e. The van der Waals surface area contributed by atoms with Gasteiger partial charge in [0.2, 0.25) is 11.8 Å². The summed E-state index contributed by atoms with van der Waals surface area (Å²) in [6, 6.07) is 8.01. The Balaban J connectivity index is 1.79. The minimum absolute atomic E-state index is 0.00641. The molecule has 4 heteroatoms. The lowest BCUT2D eigenvalue weighted by atomic mass is 9.86. The third kappa shape index (κ3) is 2.18. The van der Waals surface area contributed by atoms with Gasteiger partial charge >= 0.3 is 0 Å². The predicted molar refractivity (Wildman–Crippen MR) is 75.7 cm³/mol. The summed E-state index contributed by atoms with van der Waals surface area (Å²) < 4.78 is 0. The highest BCUT2D eigenvalue weighted by Gasteiger charge is 2.52. The Labute approximate surface area is 117 Å². The number of rotatable bonds is 2. The van der Waals surface area contributed by atoms with E-state index in [2.05, 4.69) is 0 Å². The summed E-state index contributed by atoms with van der Waals surface area (Å²) >= 11 is 1.79. The lowest BCUT2D eigenvalue weighted by Gasteiger charge is -2.20. The van der Waals surface area contributed by atoms with E-state index in [1.54, 1.807) is 11.8 Å². The van der Waals surface area contributed by atoms with Gasteiger partial charge in [0, 0.05) is 12.2 Å². The van der Waals surface area contributed by atoms with Crippen LogP contribution in [0.5, 0.6) is 0 Å². The average Bonchev–Trinajstić information content (AvgIpc) is 2.94. The molecule has 0 unspecified atom stereocenters. The van der Waals surface area contributed by atoms with Crippen LogP contribution >= 0.6 is 11.8 Å². The van der Waals surface area contributed by atoms with Crippen molar-refractivity contribution in [1.29, 1.82) is 0 Å². The Morgan fingerprint density at radius 1 is 1.26 bits per heavy atom. The molecule has 0 bridgehead atoms. The van der Waals surface area contributed by atoms with Gasteiger partial charge in [-0.3, -0.25) is 14.5 Å². The number of aryl methyl sites for hydroxylation is 1. The third-order valence-electron chi connectivity index (χ3n) is 4.05. The molecule has 0 aliphatic carbocycles. The summed E-state index contributed by atoms with van der Waals surface area (Å²) in [6.45, 7) is 2.45. The minimum atomic E-state index is -0.382. The van der Waals surface area contributed by atoms with Crippen LogP contribution in [0.25, 0.3) is 0 Å². The number of likely N-dealkylation sites (tertiary alicyclic amines) is 1. The van der Waals surface area contributed by atoms with Crippen molar-refractivity contribution in [2.75, 3.05) is 11.5 Å². The zero-order valence-corrected chi connectivity index (χ0v) is 11.8. The largest absolute Gasteiger partial charge is 0.278 e. The van der Waals surface area contributed by atoms with Gasteiger partial charge < -0.3 is 0 Å². The summed E-state index contributed by atoms with van der Waals surface area (Å²) in [5.41, 5.74) is 1.83. The van der Waals surface area contributed by atoms with Crippen LogP contribution in [0.3, 0.4) is 0 Å². The third-order valence-corrected chi connectivity index (χ3v) is 5.30. The number of imide groups is 1. The molecule has 0 saturated carbocycles. The molecular weight excluding hydrogens is 258 g/mol. The van der Waals surface area contributed by atoms with Crippen molar-refractivity contribution < 1.29 is 9.59 Å². The molecule has 0 N–H and O–H groups in total. The van der Waals surface area contributed by atoms with Gasteiger partial charge in [-0.25, -0.2) is 0 Å². The van der Waals surface area contributed by atoms with Gasteiger partial charge in [0.1, 0.15) is 0 Å². The number of carbonyl (C=O) groups is 2. The average molecular weight is 275 g/mol. The fourth-order valence-electron chi connectivity index (χ4n) is 2.81.